The second-order valence-electron chi connectivity index (χ2n) is 4.31. The summed E-state index contributed by atoms with van der Waals surface area (Å²) in [4.78, 5) is 13.0. The molecule has 0 unspecified atom stereocenters. The molecular weight excluding hydrogens is 206 g/mol. The Morgan fingerprint density at radius 3 is 2.50 bits per heavy atom. The summed E-state index contributed by atoms with van der Waals surface area (Å²) < 4.78 is 10.6. The quantitative estimate of drug-likeness (QED) is 0.485. The highest BCUT2D eigenvalue weighted by molar-refractivity contribution is 6.61. The number of carbonyl (C=O) groups excluding carboxylic acids is 1. The number of morpholine rings is 1. The smallest absolute Gasteiger partial charge is 0.404 e. The normalized spacial score (nSPS) is 50.0. The average molecular weight is 218 g/mol. The lowest BCUT2D eigenvalue weighted by Crippen LogP contribution is -2.47. The van der Waals surface area contributed by atoms with Gasteiger partial charge in [-0.15, -0.1) is 0 Å². The van der Waals surface area contributed by atoms with E-state index in [1.165, 1.54) is 0 Å². The number of piperidine rings is 1. The maximum atomic E-state index is 10.6. The summed E-state index contributed by atoms with van der Waals surface area (Å²) >= 11 is 5.20. The number of likely N-dealkylation sites (N-methyl/N-ethyl adjacent to an activating group) is 1. The van der Waals surface area contributed by atoms with Crippen LogP contribution in [0.4, 0.5) is 4.79 Å². The third-order valence-corrected chi connectivity index (χ3v) is 3.72. The minimum atomic E-state index is -0.687. The molecule has 3 rings (SSSR count). The van der Waals surface area contributed by atoms with Crippen LogP contribution in [0.1, 0.15) is 12.8 Å². The predicted molar refractivity (Wildman–Crippen MR) is 49.4 cm³/mol. The number of rotatable bonds is 1. The summed E-state index contributed by atoms with van der Waals surface area (Å²) in [6, 6.07) is 0.833. The maximum absolute atomic E-state index is 10.6. The Morgan fingerprint density at radius 2 is 2.00 bits per heavy atom. The molecule has 0 N–H and O–H groups in total. The van der Waals surface area contributed by atoms with Crippen molar-refractivity contribution in [3.63, 3.8) is 0 Å². The highest BCUT2D eigenvalue weighted by Crippen LogP contribution is 2.47. The van der Waals surface area contributed by atoms with E-state index >= 15 is 0 Å². The number of epoxide rings is 1. The zero-order chi connectivity index (χ0) is 9.87. The van der Waals surface area contributed by atoms with Gasteiger partial charge in [0.15, 0.2) is 0 Å². The fraction of sp³-hybridized carbons (Fsp3) is 0.889. The predicted octanol–water partition coefficient (Wildman–Crippen LogP) is 0.974. The Hall–Kier alpha value is -0.320. The Kier molecular flexibility index (Phi) is 1.81. The number of hydrogen-bond acceptors (Lipinski definition) is 4. The van der Waals surface area contributed by atoms with Crippen molar-refractivity contribution in [3.8, 4) is 0 Å². The third-order valence-electron chi connectivity index (χ3n) is 3.63. The molecule has 0 saturated carbocycles. The molecule has 5 atom stereocenters. The first-order valence-electron chi connectivity index (χ1n) is 4.90. The van der Waals surface area contributed by atoms with Crippen LogP contribution in [0.25, 0.3) is 0 Å². The summed E-state index contributed by atoms with van der Waals surface area (Å²) in [6.45, 7) is 0. The van der Waals surface area contributed by atoms with Gasteiger partial charge in [-0.05, 0) is 7.05 Å². The van der Waals surface area contributed by atoms with Gasteiger partial charge in [-0.1, -0.05) is 0 Å². The van der Waals surface area contributed by atoms with E-state index < -0.39 is 5.43 Å². The number of ether oxygens (including phenoxy) is 2. The van der Waals surface area contributed by atoms with Crippen LogP contribution in [0.15, 0.2) is 0 Å². The van der Waals surface area contributed by atoms with E-state index in [1.807, 2.05) is 0 Å². The lowest BCUT2D eigenvalue weighted by atomic mass is 9.99. The number of halogens is 1. The first-order chi connectivity index (χ1) is 6.66. The fourth-order valence-corrected chi connectivity index (χ4v) is 3.05. The van der Waals surface area contributed by atoms with Gasteiger partial charge < -0.3 is 9.47 Å². The molecule has 0 aliphatic carbocycles. The molecule has 0 aromatic carbocycles. The van der Waals surface area contributed by atoms with Crippen molar-refractivity contribution in [3.05, 3.63) is 0 Å². The van der Waals surface area contributed by atoms with E-state index in [0.29, 0.717) is 24.3 Å². The number of fused-ring (bicyclic) bond motifs is 5. The van der Waals surface area contributed by atoms with Gasteiger partial charge in [0.05, 0.1) is 0 Å². The van der Waals surface area contributed by atoms with Gasteiger partial charge in [0.2, 0.25) is 0 Å². The van der Waals surface area contributed by atoms with Crippen molar-refractivity contribution in [1.82, 2.24) is 4.90 Å². The van der Waals surface area contributed by atoms with Crippen LogP contribution in [0.2, 0.25) is 0 Å². The van der Waals surface area contributed by atoms with Gasteiger partial charge in [0.25, 0.3) is 0 Å². The molecule has 2 bridgehead atoms. The Balaban J connectivity index is 1.71. The van der Waals surface area contributed by atoms with Crippen molar-refractivity contribution in [2.75, 3.05) is 7.05 Å². The zero-order valence-electron chi connectivity index (χ0n) is 7.85. The molecule has 0 amide bonds. The molecule has 14 heavy (non-hydrogen) atoms. The molecule has 5 heteroatoms. The van der Waals surface area contributed by atoms with E-state index in [2.05, 4.69) is 11.9 Å². The number of nitrogens with zero attached hydrogens (tertiary/aromatic N) is 1. The molecule has 4 nitrogen and oxygen atoms in total. The molecule has 0 aromatic heterocycles. The molecule has 78 valence electrons. The van der Waals surface area contributed by atoms with Crippen molar-refractivity contribution < 1.29 is 14.3 Å². The van der Waals surface area contributed by atoms with Gasteiger partial charge in [-0.2, -0.15) is 0 Å². The minimum Gasteiger partial charge on any atom is -0.450 e. The van der Waals surface area contributed by atoms with E-state index in [1.54, 1.807) is 0 Å². The lowest BCUT2D eigenvalue weighted by Gasteiger charge is -2.37. The van der Waals surface area contributed by atoms with Crippen LogP contribution in [-0.2, 0) is 9.47 Å². The summed E-state index contributed by atoms with van der Waals surface area (Å²) in [5.74, 6) is 0. The van der Waals surface area contributed by atoms with Gasteiger partial charge in [0, 0.05) is 36.5 Å². The average Bonchev–Trinajstić information content (AvgIpc) is 2.80. The molecule has 3 fully saturated rings. The zero-order valence-corrected chi connectivity index (χ0v) is 8.61. The minimum absolute atomic E-state index is 0.0115. The van der Waals surface area contributed by atoms with Gasteiger partial charge >= 0.3 is 5.43 Å². The van der Waals surface area contributed by atoms with E-state index in [-0.39, 0.29) is 6.10 Å². The summed E-state index contributed by atoms with van der Waals surface area (Å²) in [6.07, 6.45) is 2.45. The van der Waals surface area contributed by atoms with Crippen molar-refractivity contribution in [1.29, 1.82) is 0 Å². The summed E-state index contributed by atoms with van der Waals surface area (Å²) in [7, 11) is 2.11. The lowest BCUT2D eigenvalue weighted by molar-refractivity contribution is -0.00203. The second-order valence-corrected chi connectivity index (χ2v) is 4.62. The topological polar surface area (TPSA) is 42.1 Å². The van der Waals surface area contributed by atoms with Crippen LogP contribution in [0, 0.1) is 0 Å². The molecule has 0 aromatic rings. The Bertz CT molecular complexity index is 267. The van der Waals surface area contributed by atoms with Crippen LogP contribution >= 0.6 is 11.6 Å². The Morgan fingerprint density at radius 1 is 1.43 bits per heavy atom. The van der Waals surface area contributed by atoms with Gasteiger partial charge in [-0.3, -0.25) is 4.90 Å². The fourth-order valence-electron chi connectivity index (χ4n) is 2.93. The molecule has 0 spiro atoms. The largest absolute Gasteiger partial charge is 0.450 e. The van der Waals surface area contributed by atoms with Crippen LogP contribution in [0.3, 0.4) is 0 Å². The van der Waals surface area contributed by atoms with E-state index in [4.69, 9.17) is 21.1 Å². The molecule has 0 radical (unpaired) electrons. The van der Waals surface area contributed by atoms with Crippen molar-refractivity contribution >= 4 is 17.0 Å². The monoisotopic (exact) mass is 217 g/mol. The molecular formula is C9H12ClNO3. The first kappa shape index (κ1) is 8.95. The second kappa shape index (κ2) is 2.84. The highest BCUT2D eigenvalue weighted by atomic mass is 35.5. The molecule has 3 aliphatic heterocycles. The van der Waals surface area contributed by atoms with Crippen LogP contribution in [-0.4, -0.2) is 47.8 Å². The standard InChI is InChI=1S/C9H12ClNO3/c1-11-5-2-4(13-9(10)12)3-6(11)8-7(5)14-8/h4-8H,2-3H2,1H3/t4-,5-,6+,7-,8+. The first-order valence-corrected chi connectivity index (χ1v) is 5.28. The number of carbonyl (C=O) groups is 1. The highest BCUT2D eigenvalue weighted by Gasteiger charge is 2.62. The maximum Gasteiger partial charge on any atom is 0.404 e. The molecule has 3 saturated heterocycles. The van der Waals surface area contributed by atoms with Crippen LogP contribution < -0.4 is 0 Å². The third kappa shape index (κ3) is 1.17. The number of hydrogen-bond donors (Lipinski definition) is 0. The van der Waals surface area contributed by atoms with E-state index in [0.717, 1.165) is 12.8 Å². The summed E-state index contributed by atoms with van der Waals surface area (Å²) in [5, 5.41) is 0. The SMILES string of the molecule is CN1[C@@H]2C[C@@H](OC(=O)Cl)C[C@H]1[C@@H]1O[C@@H]12. The molecule has 3 aliphatic rings. The van der Waals surface area contributed by atoms with Gasteiger partial charge in [-0.25, -0.2) is 4.79 Å². The van der Waals surface area contributed by atoms with Crippen LogP contribution in [0.5, 0.6) is 0 Å². The van der Waals surface area contributed by atoms with E-state index in [9.17, 15) is 4.79 Å². The van der Waals surface area contributed by atoms with Gasteiger partial charge in [0.1, 0.15) is 18.3 Å². The van der Waals surface area contributed by atoms with Crippen molar-refractivity contribution in [2.24, 2.45) is 0 Å². The summed E-state index contributed by atoms with van der Waals surface area (Å²) in [5.41, 5.74) is -0.687. The van der Waals surface area contributed by atoms with Crippen molar-refractivity contribution in [2.45, 2.75) is 43.2 Å². The Labute approximate surface area is 87.1 Å². The molecule has 3 heterocycles.